The van der Waals surface area contributed by atoms with E-state index in [-0.39, 0.29) is 0 Å². The molecule has 2 saturated carbocycles. The summed E-state index contributed by atoms with van der Waals surface area (Å²) < 4.78 is 8.19. The molecule has 6 rings (SSSR count). The Hall–Kier alpha value is -3.92. The van der Waals surface area contributed by atoms with E-state index in [2.05, 4.69) is 37.0 Å². The molecule has 2 fully saturated rings. The Labute approximate surface area is 185 Å². The van der Waals surface area contributed by atoms with Crippen molar-refractivity contribution in [2.45, 2.75) is 44.2 Å². The highest BCUT2D eigenvalue weighted by Gasteiger charge is 2.28. The Bertz CT molecular complexity index is 1310. The molecule has 1 aromatic carbocycles. The highest BCUT2D eigenvalue weighted by Crippen LogP contribution is 2.43. The first-order valence-corrected chi connectivity index (χ1v) is 11.1. The molecule has 0 bridgehead atoms. The average Bonchev–Trinajstić information content (AvgIpc) is 3.55. The van der Waals surface area contributed by atoms with E-state index in [0.717, 1.165) is 40.8 Å². The van der Waals surface area contributed by atoms with Gasteiger partial charge in [-0.1, -0.05) is 0 Å². The summed E-state index contributed by atoms with van der Waals surface area (Å²) in [5.74, 6) is 1.54. The predicted molar refractivity (Wildman–Crippen MR) is 122 cm³/mol. The quantitative estimate of drug-likeness (QED) is 0.444. The summed E-state index contributed by atoms with van der Waals surface area (Å²) in [5.41, 5.74) is 3.57. The lowest BCUT2D eigenvalue weighted by atomic mass is 9.92. The minimum absolute atomic E-state index is 0.303. The number of benzene rings is 1. The average molecular weight is 422 g/mol. The van der Waals surface area contributed by atoms with Crippen LogP contribution in [0, 0.1) is 11.3 Å². The molecule has 0 aliphatic heterocycles. The van der Waals surface area contributed by atoms with Gasteiger partial charge in [-0.15, -0.1) is 0 Å². The molecule has 3 heterocycles. The van der Waals surface area contributed by atoms with Crippen molar-refractivity contribution in [3.05, 3.63) is 60.6 Å². The molecule has 4 aromatic rings. The Morgan fingerprint density at radius 2 is 1.88 bits per heavy atom. The highest BCUT2D eigenvalue weighted by atomic mass is 16.5. The first-order chi connectivity index (χ1) is 15.8. The predicted octanol–water partition coefficient (Wildman–Crippen LogP) is 5.46. The summed E-state index contributed by atoms with van der Waals surface area (Å²) in [6.07, 6.45) is 11.0. The summed E-state index contributed by atoms with van der Waals surface area (Å²) in [6.45, 7) is 0. The number of hydrogen-bond acceptors (Lipinski definition) is 6. The van der Waals surface area contributed by atoms with Gasteiger partial charge in [0, 0.05) is 47.7 Å². The molecular formula is C25H22N6O. The molecular weight excluding hydrogens is 400 g/mol. The standard InChI is InChI=1S/C25H22N6O/c26-14-21-20-9-8-19(32-25-27-11-2-12-28-25)13-22(20)31(18-3-1-4-18)24(21)16-5-10-23(29-15-16)30-17-6-7-17/h2,5,8-13,15,17-18H,1,3-4,6-7H2,(H,29,30). The maximum atomic E-state index is 10.1. The van der Waals surface area contributed by atoms with Gasteiger partial charge in [0.1, 0.15) is 17.6 Å². The second kappa shape index (κ2) is 7.65. The molecule has 1 N–H and O–H groups in total. The number of rotatable bonds is 6. The van der Waals surface area contributed by atoms with E-state index in [4.69, 9.17) is 4.74 Å². The van der Waals surface area contributed by atoms with Gasteiger partial charge in [0.2, 0.25) is 0 Å². The molecule has 0 saturated heterocycles. The SMILES string of the molecule is N#Cc1c(-c2ccc(NC3CC3)nc2)n(C2CCC2)c2cc(Oc3ncccn3)ccc12. The molecule has 2 aliphatic rings. The first kappa shape index (κ1) is 18.8. The molecule has 3 aromatic heterocycles. The highest BCUT2D eigenvalue weighted by molar-refractivity contribution is 5.95. The van der Waals surface area contributed by atoms with Gasteiger partial charge in [0.15, 0.2) is 0 Å². The molecule has 32 heavy (non-hydrogen) atoms. The topological polar surface area (TPSA) is 88.7 Å². The molecule has 7 nitrogen and oxygen atoms in total. The minimum atomic E-state index is 0.303. The van der Waals surface area contributed by atoms with Gasteiger partial charge in [-0.05, 0) is 62.4 Å². The van der Waals surface area contributed by atoms with Crippen molar-refractivity contribution in [1.29, 1.82) is 5.26 Å². The van der Waals surface area contributed by atoms with Crippen LogP contribution in [0.3, 0.4) is 0 Å². The van der Waals surface area contributed by atoms with E-state index < -0.39 is 0 Å². The van der Waals surface area contributed by atoms with E-state index in [0.29, 0.717) is 29.4 Å². The summed E-state index contributed by atoms with van der Waals surface area (Å²) in [7, 11) is 0. The van der Waals surface area contributed by atoms with Crippen LogP contribution in [-0.4, -0.2) is 25.6 Å². The molecule has 0 unspecified atom stereocenters. The van der Waals surface area contributed by atoms with E-state index in [1.807, 2.05) is 30.5 Å². The lowest BCUT2D eigenvalue weighted by Gasteiger charge is -2.30. The monoisotopic (exact) mass is 422 g/mol. The van der Waals surface area contributed by atoms with Crippen molar-refractivity contribution in [1.82, 2.24) is 19.5 Å². The van der Waals surface area contributed by atoms with Crippen LogP contribution in [-0.2, 0) is 0 Å². The van der Waals surface area contributed by atoms with Crippen molar-refractivity contribution >= 4 is 16.7 Å². The Morgan fingerprint density at radius 3 is 2.53 bits per heavy atom. The Kier molecular flexibility index (Phi) is 4.50. The van der Waals surface area contributed by atoms with Crippen LogP contribution in [0.1, 0.15) is 43.7 Å². The molecule has 7 heteroatoms. The zero-order valence-corrected chi connectivity index (χ0v) is 17.5. The van der Waals surface area contributed by atoms with Crippen LogP contribution < -0.4 is 10.1 Å². The lowest BCUT2D eigenvalue weighted by molar-refractivity contribution is 0.324. The second-order valence-electron chi connectivity index (χ2n) is 8.45. The zero-order valence-electron chi connectivity index (χ0n) is 17.5. The smallest absolute Gasteiger partial charge is 0.321 e. The molecule has 2 aliphatic carbocycles. The van der Waals surface area contributed by atoms with Crippen molar-refractivity contribution < 1.29 is 4.74 Å². The van der Waals surface area contributed by atoms with Crippen molar-refractivity contribution in [3.63, 3.8) is 0 Å². The van der Waals surface area contributed by atoms with Crippen LogP contribution in [0.4, 0.5) is 5.82 Å². The van der Waals surface area contributed by atoms with E-state index in [1.54, 1.807) is 18.5 Å². The number of nitrogens with one attached hydrogen (secondary N) is 1. The largest absolute Gasteiger partial charge is 0.424 e. The summed E-state index contributed by atoms with van der Waals surface area (Å²) in [4.78, 5) is 12.9. The maximum absolute atomic E-state index is 10.1. The summed E-state index contributed by atoms with van der Waals surface area (Å²) in [5, 5.41) is 14.5. The third kappa shape index (κ3) is 3.34. The number of anilines is 1. The van der Waals surface area contributed by atoms with Gasteiger partial charge in [-0.3, -0.25) is 0 Å². The molecule has 158 valence electrons. The fraction of sp³-hybridized carbons (Fsp3) is 0.280. The van der Waals surface area contributed by atoms with Crippen LogP contribution in [0.25, 0.3) is 22.2 Å². The zero-order chi connectivity index (χ0) is 21.5. The van der Waals surface area contributed by atoms with Crippen LogP contribution >= 0.6 is 0 Å². The van der Waals surface area contributed by atoms with Crippen molar-refractivity contribution in [2.75, 3.05) is 5.32 Å². The molecule has 0 spiro atoms. The number of nitriles is 1. The molecule has 0 amide bonds. The lowest BCUT2D eigenvalue weighted by Crippen LogP contribution is -2.18. The van der Waals surface area contributed by atoms with E-state index >= 15 is 0 Å². The normalized spacial score (nSPS) is 15.8. The maximum Gasteiger partial charge on any atom is 0.321 e. The Morgan fingerprint density at radius 1 is 1.03 bits per heavy atom. The van der Waals surface area contributed by atoms with Gasteiger partial charge in [-0.25, -0.2) is 15.0 Å². The third-order valence-electron chi connectivity index (χ3n) is 6.24. The third-order valence-corrected chi connectivity index (χ3v) is 6.24. The molecule has 0 atom stereocenters. The number of pyridine rings is 1. The number of ether oxygens (including phenoxy) is 1. The van der Waals surface area contributed by atoms with Crippen LogP contribution in [0.5, 0.6) is 11.8 Å². The Balaban J connectivity index is 1.46. The van der Waals surface area contributed by atoms with E-state index in [9.17, 15) is 5.26 Å². The van der Waals surface area contributed by atoms with Gasteiger partial charge in [0.05, 0.1) is 16.8 Å². The van der Waals surface area contributed by atoms with Crippen molar-refractivity contribution in [3.8, 4) is 29.1 Å². The van der Waals surface area contributed by atoms with Gasteiger partial charge in [0.25, 0.3) is 0 Å². The van der Waals surface area contributed by atoms with Crippen LogP contribution in [0.2, 0.25) is 0 Å². The van der Waals surface area contributed by atoms with Gasteiger partial charge in [-0.2, -0.15) is 5.26 Å². The first-order valence-electron chi connectivity index (χ1n) is 11.1. The number of nitrogens with zero attached hydrogens (tertiary/aromatic N) is 5. The minimum Gasteiger partial charge on any atom is -0.424 e. The fourth-order valence-corrected chi connectivity index (χ4v) is 4.27. The van der Waals surface area contributed by atoms with Gasteiger partial charge >= 0.3 is 6.01 Å². The summed E-state index contributed by atoms with van der Waals surface area (Å²) >= 11 is 0. The van der Waals surface area contributed by atoms with E-state index in [1.165, 1.54) is 19.3 Å². The summed E-state index contributed by atoms with van der Waals surface area (Å²) in [6, 6.07) is 15.3. The number of aromatic nitrogens is 4. The van der Waals surface area contributed by atoms with Crippen molar-refractivity contribution in [2.24, 2.45) is 0 Å². The molecule has 0 radical (unpaired) electrons. The number of fused-ring (bicyclic) bond motifs is 1. The second-order valence-corrected chi connectivity index (χ2v) is 8.45. The van der Waals surface area contributed by atoms with Crippen LogP contribution in [0.15, 0.2) is 55.0 Å². The van der Waals surface area contributed by atoms with Gasteiger partial charge < -0.3 is 14.6 Å². The number of hydrogen-bond donors (Lipinski definition) is 1. The fourth-order valence-electron chi connectivity index (χ4n) is 4.27.